The number of halogens is 7. The molecule has 0 fully saturated rings. The molecule has 0 aliphatic rings. The van der Waals surface area contributed by atoms with Crippen molar-refractivity contribution in [1.29, 1.82) is 0 Å². The standard InChI is InChI=1S/C14H4F4I3NO3/c15-7-6(14(24)25)8(16)10(18)12(9(7)17)22-13(23)4-1-3(19)2-5(20)11(4)21/h1-2H,(H,22,23)(H,24,25)/p-1. The Morgan fingerprint density at radius 3 is 1.92 bits per heavy atom. The lowest BCUT2D eigenvalue weighted by atomic mass is 10.1. The van der Waals surface area contributed by atoms with Crippen molar-refractivity contribution < 1.29 is 32.3 Å². The van der Waals surface area contributed by atoms with Crippen molar-refractivity contribution >= 4 is 85.3 Å². The van der Waals surface area contributed by atoms with E-state index in [0.29, 0.717) is 10.7 Å². The number of carbonyl (C=O) groups is 2. The SMILES string of the molecule is O=C(Nc1c(F)c(F)c(C(=O)[O-])c(F)c1F)c1cc(I)cc(I)c1I. The van der Waals surface area contributed by atoms with Gasteiger partial charge < -0.3 is 15.2 Å². The van der Waals surface area contributed by atoms with Gasteiger partial charge in [-0.3, -0.25) is 4.79 Å². The summed E-state index contributed by atoms with van der Waals surface area (Å²) in [6.45, 7) is 0. The number of nitrogens with one attached hydrogen (secondary N) is 1. The summed E-state index contributed by atoms with van der Waals surface area (Å²) in [4.78, 5) is 22.9. The Hall–Kier alpha value is -0.710. The fourth-order valence-corrected chi connectivity index (χ4v) is 4.22. The third-order valence-corrected chi connectivity index (χ3v) is 6.61. The van der Waals surface area contributed by atoms with E-state index < -0.39 is 46.4 Å². The summed E-state index contributed by atoms with van der Waals surface area (Å²) in [7, 11) is 0. The fraction of sp³-hybridized carbons (Fsp3) is 0. The summed E-state index contributed by atoms with van der Waals surface area (Å²) in [5.74, 6) is -11.9. The van der Waals surface area contributed by atoms with Gasteiger partial charge in [0.1, 0.15) is 5.69 Å². The molecule has 2 rings (SSSR count). The molecule has 0 heterocycles. The number of benzene rings is 2. The van der Waals surface area contributed by atoms with Crippen molar-refractivity contribution in [1.82, 2.24) is 0 Å². The fourth-order valence-electron chi connectivity index (χ4n) is 1.82. The predicted molar refractivity (Wildman–Crippen MR) is 103 cm³/mol. The Kier molecular flexibility index (Phi) is 6.50. The molecule has 4 nitrogen and oxygen atoms in total. The minimum absolute atomic E-state index is 0.0282. The van der Waals surface area contributed by atoms with Crippen LogP contribution in [0.4, 0.5) is 23.2 Å². The van der Waals surface area contributed by atoms with Crippen LogP contribution >= 0.6 is 67.8 Å². The number of carboxylic acid groups (broad SMARTS) is 1. The van der Waals surface area contributed by atoms with Crippen LogP contribution in [0.15, 0.2) is 12.1 Å². The maximum atomic E-state index is 13.9. The maximum absolute atomic E-state index is 13.9. The van der Waals surface area contributed by atoms with Gasteiger partial charge in [0.15, 0.2) is 23.3 Å². The number of carbonyl (C=O) groups excluding carboxylic acids is 2. The van der Waals surface area contributed by atoms with E-state index in [-0.39, 0.29) is 5.56 Å². The molecule has 0 radical (unpaired) electrons. The van der Waals surface area contributed by atoms with Crippen molar-refractivity contribution in [3.63, 3.8) is 0 Å². The minimum Gasteiger partial charge on any atom is -0.545 e. The maximum Gasteiger partial charge on any atom is 0.256 e. The Bertz CT molecular complexity index is 892. The van der Waals surface area contributed by atoms with E-state index in [4.69, 9.17) is 0 Å². The molecule has 0 atom stereocenters. The molecule has 0 saturated heterocycles. The number of aromatic carboxylic acids is 1. The Morgan fingerprint density at radius 1 is 0.920 bits per heavy atom. The molecule has 0 aromatic heterocycles. The third kappa shape index (κ3) is 4.01. The number of hydrogen-bond donors (Lipinski definition) is 1. The number of amides is 1. The zero-order valence-corrected chi connectivity index (χ0v) is 18.0. The molecule has 0 saturated carbocycles. The lowest BCUT2D eigenvalue weighted by molar-refractivity contribution is -0.255. The first-order chi connectivity index (χ1) is 11.6. The number of carboxylic acids is 1. The van der Waals surface area contributed by atoms with E-state index in [2.05, 4.69) is 0 Å². The Labute approximate surface area is 178 Å². The number of rotatable bonds is 3. The lowest BCUT2D eigenvalue weighted by Crippen LogP contribution is -2.27. The topological polar surface area (TPSA) is 69.2 Å². The molecular weight excluding hydrogens is 687 g/mol. The number of anilines is 1. The number of hydrogen-bond acceptors (Lipinski definition) is 3. The van der Waals surface area contributed by atoms with Gasteiger partial charge in [0, 0.05) is 10.7 Å². The predicted octanol–water partition coefficient (Wildman–Crippen LogP) is 3.67. The van der Waals surface area contributed by atoms with Crippen molar-refractivity contribution in [2.45, 2.75) is 0 Å². The van der Waals surface area contributed by atoms with Crippen LogP contribution in [0.5, 0.6) is 0 Å². The molecule has 0 spiro atoms. The Balaban J connectivity index is 2.55. The van der Waals surface area contributed by atoms with Crippen molar-refractivity contribution in [2.24, 2.45) is 0 Å². The molecule has 2 aromatic rings. The van der Waals surface area contributed by atoms with Crippen LogP contribution in [0.2, 0.25) is 0 Å². The van der Waals surface area contributed by atoms with E-state index in [1.165, 1.54) is 6.07 Å². The van der Waals surface area contributed by atoms with E-state index in [1.807, 2.05) is 67.8 Å². The molecule has 0 aliphatic carbocycles. The smallest absolute Gasteiger partial charge is 0.256 e. The van der Waals surface area contributed by atoms with Crippen molar-refractivity contribution in [2.75, 3.05) is 5.32 Å². The summed E-state index contributed by atoms with van der Waals surface area (Å²) < 4.78 is 56.9. The summed E-state index contributed by atoms with van der Waals surface area (Å²) >= 11 is 5.69. The highest BCUT2D eigenvalue weighted by molar-refractivity contribution is 14.1. The first kappa shape index (κ1) is 20.6. The summed E-state index contributed by atoms with van der Waals surface area (Å²) in [5.41, 5.74) is -3.28. The van der Waals surface area contributed by atoms with E-state index in [0.717, 1.165) is 0 Å². The molecule has 25 heavy (non-hydrogen) atoms. The first-order valence-electron chi connectivity index (χ1n) is 6.09. The molecule has 132 valence electrons. The monoisotopic (exact) mass is 690 g/mol. The summed E-state index contributed by atoms with van der Waals surface area (Å²) in [6.07, 6.45) is 0. The highest BCUT2D eigenvalue weighted by Crippen LogP contribution is 2.29. The Morgan fingerprint density at radius 2 is 1.44 bits per heavy atom. The van der Waals surface area contributed by atoms with Gasteiger partial charge in [-0.1, -0.05) is 0 Å². The molecule has 0 aliphatic heterocycles. The van der Waals surface area contributed by atoms with Gasteiger partial charge in [0.25, 0.3) is 5.91 Å². The van der Waals surface area contributed by atoms with Crippen LogP contribution in [0.1, 0.15) is 20.7 Å². The second kappa shape index (κ2) is 7.89. The third-order valence-electron chi connectivity index (χ3n) is 2.94. The lowest BCUT2D eigenvalue weighted by Gasteiger charge is -2.14. The average Bonchev–Trinajstić information content (AvgIpc) is 2.52. The average molecular weight is 690 g/mol. The zero-order valence-electron chi connectivity index (χ0n) is 11.5. The van der Waals surface area contributed by atoms with Gasteiger partial charge in [-0.2, -0.15) is 0 Å². The van der Waals surface area contributed by atoms with E-state index >= 15 is 0 Å². The van der Waals surface area contributed by atoms with Crippen LogP contribution in [0.3, 0.4) is 0 Å². The normalized spacial score (nSPS) is 10.7. The highest BCUT2D eigenvalue weighted by atomic mass is 127. The van der Waals surface area contributed by atoms with Crippen LogP contribution in [-0.2, 0) is 0 Å². The van der Waals surface area contributed by atoms with Gasteiger partial charge in [0.2, 0.25) is 0 Å². The molecule has 0 bridgehead atoms. The van der Waals surface area contributed by atoms with Crippen LogP contribution in [0.25, 0.3) is 0 Å². The molecule has 1 N–H and O–H groups in total. The quantitative estimate of drug-likeness (QED) is 0.304. The van der Waals surface area contributed by atoms with Crippen LogP contribution < -0.4 is 10.4 Å². The van der Waals surface area contributed by atoms with Gasteiger partial charge in [-0.25, -0.2) is 17.6 Å². The highest BCUT2D eigenvalue weighted by Gasteiger charge is 2.28. The molecular formula is C14H3F4I3NO3-. The van der Waals surface area contributed by atoms with E-state index in [1.54, 1.807) is 11.4 Å². The van der Waals surface area contributed by atoms with Crippen LogP contribution in [-0.4, -0.2) is 11.9 Å². The second-order valence-corrected chi connectivity index (χ2v) is 7.98. The second-order valence-electron chi connectivity index (χ2n) is 4.50. The van der Waals surface area contributed by atoms with Crippen molar-refractivity contribution in [3.05, 3.63) is 57.2 Å². The zero-order chi connectivity index (χ0) is 19.0. The largest absolute Gasteiger partial charge is 0.545 e. The van der Waals surface area contributed by atoms with Crippen molar-refractivity contribution in [3.8, 4) is 0 Å². The first-order valence-corrected chi connectivity index (χ1v) is 9.33. The van der Waals surface area contributed by atoms with Gasteiger partial charge >= 0.3 is 0 Å². The molecule has 2 aromatic carbocycles. The minimum atomic E-state index is -2.42. The summed E-state index contributed by atoms with van der Waals surface area (Å²) in [6, 6.07) is 3.16. The molecule has 1 amide bonds. The van der Waals surface area contributed by atoms with Crippen LogP contribution in [0, 0.1) is 34.0 Å². The van der Waals surface area contributed by atoms with Gasteiger partial charge in [0.05, 0.1) is 17.1 Å². The molecule has 0 unspecified atom stereocenters. The van der Waals surface area contributed by atoms with Gasteiger partial charge in [-0.05, 0) is 79.9 Å². The summed E-state index contributed by atoms with van der Waals surface area (Å²) in [5, 5.41) is 12.4. The molecule has 11 heteroatoms. The van der Waals surface area contributed by atoms with E-state index in [9.17, 15) is 32.3 Å². The van der Waals surface area contributed by atoms with Gasteiger partial charge in [-0.15, -0.1) is 0 Å².